The van der Waals surface area contributed by atoms with Crippen molar-refractivity contribution in [1.82, 2.24) is 0 Å². The van der Waals surface area contributed by atoms with Crippen molar-refractivity contribution in [3.8, 4) is 17.2 Å². The van der Waals surface area contributed by atoms with Crippen LogP contribution in [0.1, 0.15) is 11.1 Å². The summed E-state index contributed by atoms with van der Waals surface area (Å²) in [6.07, 6.45) is 0. The molecular formula is C24H14ClN. The Morgan fingerprint density at radius 3 is 2.00 bits per heavy atom. The predicted octanol–water partition coefficient (Wildman–Crippen LogP) is 6.86. The van der Waals surface area contributed by atoms with E-state index in [1.54, 1.807) is 0 Å². The Morgan fingerprint density at radius 1 is 0.692 bits per heavy atom. The van der Waals surface area contributed by atoms with Gasteiger partial charge in [0.25, 0.3) is 0 Å². The summed E-state index contributed by atoms with van der Waals surface area (Å²) < 4.78 is 0. The second kappa shape index (κ2) is 5.73. The largest absolute Gasteiger partial charge is 0.192 e. The highest BCUT2D eigenvalue weighted by molar-refractivity contribution is 6.27. The fourth-order valence-corrected chi connectivity index (χ4v) is 4.19. The first-order chi connectivity index (χ1) is 12.8. The Bertz CT molecular complexity index is 1310. The molecule has 0 spiro atoms. The maximum atomic E-state index is 9.04. The molecular weight excluding hydrogens is 338 g/mol. The number of halogens is 1. The number of benzene rings is 5. The molecule has 0 fully saturated rings. The highest BCUT2D eigenvalue weighted by Gasteiger charge is 2.13. The van der Waals surface area contributed by atoms with E-state index in [1.165, 1.54) is 37.9 Å². The molecule has 0 unspecified atom stereocenters. The average Bonchev–Trinajstić information content (AvgIpc) is 2.71. The van der Waals surface area contributed by atoms with Gasteiger partial charge in [-0.1, -0.05) is 60.7 Å². The summed E-state index contributed by atoms with van der Waals surface area (Å²) in [5.41, 5.74) is 4.16. The topological polar surface area (TPSA) is 23.8 Å². The Morgan fingerprint density at radius 2 is 1.31 bits per heavy atom. The van der Waals surface area contributed by atoms with Gasteiger partial charge >= 0.3 is 0 Å². The van der Waals surface area contributed by atoms with Crippen molar-refractivity contribution < 1.29 is 0 Å². The van der Waals surface area contributed by atoms with Crippen LogP contribution in [0, 0.1) is 11.3 Å². The Balaban J connectivity index is 1.90. The predicted molar refractivity (Wildman–Crippen MR) is 110 cm³/mol. The lowest BCUT2D eigenvalue weighted by molar-refractivity contribution is 1.46. The quantitative estimate of drug-likeness (QED) is 0.251. The van der Waals surface area contributed by atoms with Gasteiger partial charge in [0.15, 0.2) is 0 Å². The molecule has 0 bridgehead atoms. The number of nitriles is 1. The molecule has 0 saturated heterocycles. The van der Waals surface area contributed by atoms with E-state index < -0.39 is 0 Å². The SMILES string of the molecule is N#Cc1ccc(-c2ccc3ccc4c(CCl)ccc5ccc2c3c54)cc1. The average molecular weight is 352 g/mol. The lowest BCUT2D eigenvalue weighted by atomic mass is 9.88. The summed E-state index contributed by atoms with van der Waals surface area (Å²) in [6, 6.07) is 27.4. The first-order valence-electron chi connectivity index (χ1n) is 8.56. The number of alkyl halides is 1. The van der Waals surface area contributed by atoms with Crippen molar-refractivity contribution in [1.29, 1.82) is 5.26 Å². The van der Waals surface area contributed by atoms with E-state index in [4.69, 9.17) is 16.9 Å². The molecule has 0 heterocycles. The molecule has 0 aliphatic rings. The maximum Gasteiger partial charge on any atom is 0.0991 e. The van der Waals surface area contributed by atoms with E-state index in [-0.39, 0.29) is 0 Å². The molecule has 0 aliphatic carbocycles. The van der Waals surface area contributed by atoms with Crippen LogP contribution in [0.4, 0.5) is 0 Å². The third kappa shape index (κ3) is 2.10. The zero-order valence-corrected chi connectivity index (χ0v) is 14.7. The van der Waals surface area contributed by atoms with Gasteiger partial charge in [0.1, 0.15) is 0 Å². The van der Waals surface area contributed by atoms with Gasteiger partial charge in [0.05, 0.1) is 11.6 Å². The van der Waals surface area contributed by atoms with E-state index in [0.717, 1.165) is 11.1 Å². The van der Waals surface area contributed by atoms with Crippen molar-refractivity contribution in [2.45, 2.75) is 5.88 Å². The van der Waals surface area contributed by atoms with Crippen LogP contribution < -0.4 is 0 Å². The van der Waals surface area contributed by atoms with Crippen molar-refractivity contribution >= 4 is 43.9 Å². The van der Waals surface area contributed by atoms with Crippen LogP contribution in [-0.2, 0) is 5.88 Å². The van der Waals surface area contributed by atoms with Crippen molar-refractivity contribution in [2.24, 2.45) is 0 Å². The van der Waals surface area contributed by atoms with Gasteiger partial charge in [-0.05, 0) is 61.1 Å². The molecule has 0 N–H and O–H groups in total. The normalized spacial score (nSPS) is 11.4. The zero-order valence-electron chi connectivity index (χ0n) is 14.0. The molecule has 5 aromatic rings. The van der Waals surface area contributed by atoms with Gasteiger partial charge in [-0.2, -0.15) is 5.26 Å². The summed E-state index contributed by atoms with van der Waals surface area (Å²) in [7, 11) is 0. The fraction of sp³-hybridized carbons (Fsp3) is 0.0417. The summed E-state index contributed by atoms with van der Waals surface area (Å²) in [6.45, 7) is 0. The first kappa shape index (κ1) is 15.2. The second-order valence-electron chi connectivity index (χ2n) is 6.58. The molecule has 0 atom stereocenters. The summed E-state index contributed by atoms with van der Waals surface area (Å²) in [5.74, 6) is 0.511. The molecule has 0 amide bonds. The third-order valence-electron chi connectivity index (χ3n) is 5.22. The standard InChI is InChI=1S/C24H14ClN/c25-13-19-6-5-17-9-12-22-20(16-3-1-15(14-26)2-4-16)10-7-18-8-11-21(19)23(17)24(18)22/h1-12H,13H2. The summed E-state index contributed by atoms with van der Waals surface area (Å²) in [4.78, 5) is 0. The molecule has 5 rings (SSSR count). The van der Waals surface area contributed by atoms with E-state index in [0.29, 0.717) is 11.4 Å². The van der Waals surface area contributed by atoms with E-state index in [9.17, 15) is 0 Å². The van der Waals surface area contributed by atoms with Gasteiger partial charge in [0, 0.05) is 5.88 Å². The van der Waals surface area contributed by atoms with Gasteiger partial charge in [0.2, 0.25) is 0 Å². The van der Waals surface area contributed by atoms with Crippen LogP contribution in [0.2, 0.25) is 0 Å². The molecule has 0 aliphatic heterocycles. The summed E-state index contributed by atoms with van der Waals surface area (Å²) in [5, 5.41) is 16.6. The number of hydrogen-bond acceptors (Lipinski definition) is 1. The zero-order chi connectivity index (χ0) is 17.7. The van der Waals surface area contributed by atoms with Crippen molar-refractivity contribution in [2.75, 3.05) is 0 Å². The minimum absolute atomic E-state index is 0.511. The Kier molecular flexibility index (Phi) is 3.35. The molecule has 0 radical (unpaired) electrons. The van der Waals surface area contributed by atoms with Crippen LogP contribution in [-0.4, -0.2) is 0 Å². The van der Waals surface area contributed by atoms with Gasteiger partial charge < -0.3 is 0 Å². The van der Waals surface area contributed by atoms with Gasteiger partial charge in [-0.15, -0.1) is 11.6 Å². The minimum Gasteiger partial charge on any atom is -0.192 e. The first-order valence-corrected chi connectivity index (χ1v) is 9.09. The third-order valence-corrected chi connectivity index (χ3v) is 5.51. The monoisotopic (exact) mass is 351 g/mol. The Labute approximate surface area is 156 Å². The highest BCUT2D eigenvalue weighted by Crippen LogP contribution is 2.40. The molecule has 1 nitrogen and oxygen atoms in total. The van der Waals surface area contributed by atoms with Crippen LogP contribution >= 0.6 is 11.6 Å². The minimum atomic E-state index is 0.511. The number of nitrogens with zero attached hydrogens (tertiary/aromatic N) is 1. The van der Waals surface area contributed by atoms with Crippen molar-refractivity contribution in [3.05, 3.63) is 83.9 Å². The number of rotatable bonds is 2. The Hall–Kier alpha value is -3.08. The maximum absolute atomic E-state index is 9.04. The van der Waals surface area contributed by atoms with Gasteiger partial charge in [-0.3, -0.25) is 0 Å². The fourth-order valence-electron chi connectivity index (χ4n) is 3.95. The highest BCUT2D eigenvalue weighted by atomic mass is 35.5. The van der Waals surface area contributed by atoms with Crippen molar-refractivity contribution in [3.63, 3.8) is 0 Å². The molecule has 26 heavy (non-hydrogen) atoms. The smallest absolute Gasteiger partial charge is 0.0991 e. The van der Waals surface area contributed by atoms with E-state index in [1.807, 2.05) is 24.3 Å². The van der Waals surface area contributed by atoms with Gasteiger partial charge in [-0.25, -0.2) is 0 Å². The summed E-state index contributed by atoms with van der Waals surface area (Å²) >= 11 is 6.18. The lowest BCUT2D eigenvalue weighted by Crippen LogP contribution is -1.90. The molecule has 2 heteroatoms. The second-order valence-corrected chi connectivity index (χ2v) is 6.85. The molecule has 0 saturated carbocycles. The van der Waals surface area contributed by atoms with Crippen LogP contribution in [0.25, 0.3) is 43.4 Å². The van der Waals surface area contributed by atoms with Crippen LogP contribution in [0.5, 0.6) is 0 Å². The van der Waals surface area contributed by atoms with Crippen LogP contribution in [0.3, 0.4) is 0 Å². The molecule has 5 aromatic carbocycles. The molecule has 122 valence electrons. The lowest BCUT2D eigenvalue weighted by Gasteiger charge is -2.15. The molecule has 0 aromatic heterocycles. The number of hydrogen-bond donors (Lipinski definition) is 0. The van der Waals surface area contributed by atoms with E-state index in [2.05, 4.69) is 54.6 Å². The van der Waals surface area contributed by atoms with Crippen LogP contribution in [0.15, 0.2) is 72.8 Å². The van der Waals surface area contributed by atoms with E-state index >= 15 is 0 Å².